The normalized spacial score (nSPS) is 11.7. The smallest absolute Gasteiger partial charge is 0.242 e. The lowest BCUT2D eigenvalue weighted by Gasteiger charge is -2.09. The van der Waals surface area contributed by atoms with Gasteiger partial charge in [0.05, 0.1) is 24.8 Å². The Morgan fingerprint density at radius 2 is 2.00 bits per heavy atom. The van der Waals surface area contributed by atoms with E-state index in [1.54, 1.807) is 19.2 Å². The Morgan fingerprint density at radius 3 is 2.63 bits per heavy atom. The van der Waals surface area contributed by atoms with Gasteiger partial charge in [-0.15, -0.1) is 0 Å². The van der Waals surface area contributed by atoms with Gasteiger partial charge < -0.3 is 9.47 Å². The van der Waals surface area contributed by atoms with E-state index < -0.39 is 10.0 Å². The molecular formula is C12H18ClNO4S. The van der Waals surface area contributed by atoms with Crippen molar-refractivity contribution in [1.29, 1.82) is 0 Å². The van der Waals surface area contributed by atoms with E-state index in [9.17, 15) is 8.42 Å². The average molecular weight is 308 g/mol. The summed E-state index contributed by atoms with van der Waals surface area (Å²) in [7, 11) is -2.02. The van der Waals surface area contributed by atoms with Gasteiger partial charge in [-0.1, -0.05) is 17.7 Å². The molecule has 19 heavy (non-hydrogen) atoms. The summed E-state index contributed by atoms with van der Waals surface area (Å²) in [5.74, 6) is 0. The Hall–Kier alpha value is -0.660. The molecule has 1 N–H and O–H groups in total. The number of methoxy groups -OCH3 is 1. The van der Waals surface area contributed by atoms with Crippen LogP contribution >= 0.6 is 11.6 Å². The maximum absolute atomic E-state index is 12.0. The van der Waals surface area contributed by atoms with Crippen LogP contribution in [-0.4, -0.2) is 41.9 Å². The van der Waals surface area contributed by atoms with Gasteiger partial charge in [-0.3, -0.25) is 0 Å². The van der Waals surface area contributed by atoms with Crippen molar-refractivity contribution < 1.29 is 17.9 Å². The van der Waals surface area contributed by atoms with E-state index in [0.717, 1.165) is 5.56 Å². The minimum Gasteiger partial charge on any atom is -0.382 e. The van der Waals surface area contributed by atoms with Crippen LogP contribution in [0, 0.1) is 6.92 Å². The molecule has 0 saturated heterocycles. The molecule has 0 atom stereocenters. The van der Waals surface area contributed by atoms with Gasteiger partial charge in [-0.25, -0.2) is 13.1 Å². The lowest BCUT2D eigenvalue weighted by Crippen LogP contribution is -2.28. The standard InChI is InChI=1S/C12H18ClNO4S/c1-10-3-4-12(11(13)9-10)19(15,16)14-5-6-18-8-7-17-2/h3-4,9,14H,5-8H2,1-2H3. The molecule has 0 saturated carbocycles. The van der Waals surface area contributed by atoms with Gasteiger partial charge in [0.25, 0.3) is 0 Å². The number of benzene rings is 1. The van der Waals surface area contributed by atoms with E-state index in [-0.39, 0.29) is 23.1 Å². The fourth-order valence-electron chi connectivity index (χ4n) is 1.39. The second kappa shape index (κ2) is 7.81. The Kier molecular flexibility index (Phi) is 6.74. The van der Waals surface area contributed by atoms with Crippen molar-refractivity contribution in [2.45, 2.75) is 11.8 Å². The Labute approximate surface area is 118 Å². The average Bonchev–Trinajstić information content (AvgIpc) is 2.33. The van der Waals surface area contributed by atoms with Crippen LogP contribution in [0.2, 0.25) is 5.02 Å². The zero-order valence-corrected chi connectivity index (χ0v) is 12.6. The van der Waals surface area contributed by atoms with Crippen molar-refractivity contribution in [2.24, 2.45) is 0 Å². The van der Waals surface area contributed by atoms with Gasteiger partial charge in [0, 0.05) is 13.7 Å². The number of halogens is 1. The molecule has 0 aliphatic rings. The summed E-state index contributed by atoms with van der Waals surface area (Å²) in [6.45, 7) is 3.24. The molecule has 5 nitrogen and oxygen atoms in total. The fraction of sp³-hybridized carbons (Fsp3) is 0.500. The van der Waals surface area contributed by atoms with Gasteiger partial charge in [0.2, 0.25) is 10.0 Å². The predicted octanol–water partition coefficient (Wildman–Crippen LogP) is 1.59. The monoisotopic (exact) mass is 307 g/mol. The quantitative estimate of drug-likeness (QED) is 0.741. The number of hydrogen-bond donors (Lipinski definition) is 1. The van der Waals surface area contributed by atoms with Gasteiger partial charge in [-0.2, -0.15) is 0 Å². The molecule has 0 unspecified atom stereocenters. The first-order chi connectivity index (χ1) is 8.97. The maximum atomic E-state index is 12.0. The van der Waals surface area contributed by atoms with E-state index in [1.165, 1.54) is 6.07 Å². The molecule has 1 aromatic carbocycles. The molecule has 0 aliphatic heterocycles. The molecule has 0 bridgehead atoms. The lowest BCUT2D eigenvalue weighted by molar-refractivity contribution is 0.0736. The zero-order chi connectivity index (χ0) is 14.3. The topological polar surface area (TPSA) is 64.6 Å². The molecule has 0 fully saturated rings. The highest BCUT2D eigenvalue weighted by Crippen LogP contribution is 2.21. The molecule has 0 amide bonds. The molecule has 0 heterocycles. The molecule has 1 aromatic rings. The minimum atomic E-state index is -3.59. The number of rotatable bonds is 8. The van der Waals surface area contributed by atoms with Gasteiger partial charge in [0.15, 0.2) is 0 Å². The number of aryl methyl sites for hydroxylation is 1. The van der Waals surface area contributed by atoms with Crippen LogP contribution in [0.25, 0.3) is 0 Å². The van der Waals surface area contributed by atoms with Crippen molar-refractivity contribution in [3.63, 3.8) is 0 Å². The molecular weight excluding hydrogens is 290 g/mol. The lowest BCUT2D eigenvalue weighted by atomic mass is 10.2. The van der Waals surface area contributed by atoms with E-state index in [1.807, 2.05) is 6.92 Å². The SMILES string of the molecule is COCCOCCNS(=O)(=O)c1ccc(C)cc1Cl. The molecule has 108 valence electrons. The first-order valence-electron chi connectivity index (χ1n) is 5.80. The van der Waals surface area contributed by atoms with Crippen LogP contribution in [0.4, 0.5) is 0 Å². The molecule has 7 heteroatoms. The van der Waals surface area contributed by atoms with E-state index in [4.69, 9.17) is 21.1 Å². The first-order valence-corrected chi connectivity index (χ1v) is 7.66. The minimum absolute atomic E-state index is 0.0802. The highest BCUT2D eigenvalue weighted by atomic mass is 35.5. The Morgan fingerprint density at radius 1 is 1.26 bits per heavy atom. The highest BCUT2D eigenvalue weighted by molar-refractivity contribution is 7.89. The summed E-state index contributed by atoms with van der Waals surface area (Å²) in [4.78, 5) is 0.0802. The summed E-state index contributed by atoms with van der Waals surface area (Å²) in [6.07, 6.45) is 0. The van der Waals surface area contributed by atoms with Crippen LogP contribution < -0.4 is 4.72 Å². The highest BCUT2D eigenvalue weighted by Gasteiger charge is 2.16. The second-order valence-electron chi connectivity index (χ2n) is 3.94. The Balaban J connectivity index is 2.52. The van der Waals surface area contributed by atoms with E-state index in [0.29, 0.717) is 13.2 Å². The number of sulfonamides is 1. The van der Waals surface area contributed by atoms with E-state index in [2.05, 4.69) is 4.72 Å². The first kappa shape index (κ1) is 16.4. The van der Waals surface area contributed by atoms with Crippen LogP contribution in [0.1, 0.15) is 5.56 Å². The third-order valence-electron chi connectivity index (χ3n) is 2.35. The van der Waals surface area contributed by atoms with Crippen molar-refractivity contribution in [2.75, 3.05) is 33.5 Å². The summed E-state index contributed by atoms with van der Waals surface area (Å²) >= 11 is 5.93. The summed E-state index contributed by atoms with van der Waals surface area (Å²) in [6, 6.07) is 4.81. The fourth-order valence-corrected chi connectivity index (χ4v) is 3.00. The summed E-state index contributed by atoms with van der Waals surface area (Å²) in [5.41, 5.74) is 0.909. The van der Waals surface area contributed by atoms with Crippen LogP contribution in [0.5, 0.6) is 0 Å². The van der Waals surface area contributed by atoms with Crippen molar-refractivity contribution in [3.8, 4) is 0 Å². The van der Waals surface area contributed by atoms with Crippen LogP contribution in [-0.2, 0) is 19.5 Å². The third kappa shape index (κ3) is 5.46. The summed E-state index contributed by atoms with van der Waals surface area (Å²) in [5, 5.41) is 0.216. The Bertz CT molecular complexity index is 504. The van der Waals surface area contributed by atoms with Gasteiger partial charge >= 0.3 is 0 Å². The molecule has 0 radical (unpaired) electrons. The molecule has 0 aromatic heterocycles. The van der Waals surface area contributed by atoms with Crippen molar-refractivity contribution in [1.82, 2.24) is 4.72 Å². The second-order valence-corrected chi connectivity index (χ2v) is 6.08. The number of ether oxygens (including phenoxy) is 2. The number of hydrogen-bond acceptors (Lipinski definition) is 4. The zero-order valence-electron chi connectivity index (χ0n) is 11.0. The predicted molar refractivity (Wildman–Crippen MR) is 74.1 cm³/mol. The molecule has 0 aliphatic carbocycles. The molecule has 0 spiro atoms. The molecule has 1 rings (SSSR count). The largest absolute Gasteiger partial charge is 0.382 e. The third-order valence-corrected chi connectivity index (χ3v) is 4.29. The maximum Gasteiger partial charge on any atom is 0.242 e. The van der Waals surface area contributed by atoms with E-state index >= 15 is 0 Å². The van der Waals surface area contributed by atoms with Crippen LogP contribution in [0.3, 0.4) is 0 Å². The van der Waals surface area contributed by atoms with Crippen molar-refractivity contribution in [3.05, 3.63) is 28.8 Å². The van der Waals surface area contributed by atoms with Crippen molar-refractivity contribution >= 4 is 21.6 Å². The van der Waals surface area contributed by atoms with Gasteiger partial charge in [0.1, 0.15) is 4.90 Å². The number of nitrogens with one attached hydrogen (secondary N) is 1. The summed E-state index contributed by atoms with van der Waals surface area (Å²) < 4.78 is 36.4. The van der Waals surface area contributed by atoms with Gasteiger partial charge in [-0.05, 0) is 24.6 Å². The van der Waals surface area contributed by atoms with Crippen LogP contribution in [0.15, 0.2) is 23.1 Å².